The van der Waals surface area contributed by atoms with E-state index in [9.17, 15) is 9.59 Å². The molecule has 5 aromatic rings. The summed E-state index contributed by atoms with van der Waals surface area (Å²) >= 11 is 0. The number of ether oxygens (including phenoxy) is 2. The van der Waals surface area contributed by atoms with Gasteiger partial charge in [0.05, 0.1) is 25.6 Å². The Morgan fingerprint density at radius 1 is 0.519 bits per heavy atom. The SMILES string of the molecule is COc1ccc(NC(=O)Nc2ccc(C(C)(C)C)cc2C#Cc2cccc(C#Cc3cc(C(C)(C)C)ccc3NC(=O)Nc3ccc(OC)cc3)[nH+]2)cc1. The number of methoxy groups -OCH3 is 2. The zero-order valence-electron chi connectivity index (χ0n) is 31.9. The summed E-state index contributed by atoms with van der Waals surface area (Å²) in [6.45, 7) is 12.8. The number of aromatic nitrogens is 1. The summed E-state index contributed by atoms with van der Waals surface area (Å²) in [5.41, 5.74) is 6.92. The normalized spacial score (nSPS) is 10.8. The molecule has 0 saturated heterocycles. The van der Waals surface area contributed by atoms with Gasteiger partial charge in [0.25, 0.3) is 11.4 Å². The van der Waals surface area contributed by atoms with E-state index in [1.54, 1.807) is 62.8 Å². The van der Waals surface area contributed by atoms with Crippen LogP contribution in [0.15, 0.2) is 103 Å². The van der Waals surface area contributed by atoms with E-state index in [-0.39, 0.29) is 10.8 Å². The van der Waals surface area contributed by atoms with Crippen LogP contribution >= 0.6 is 0 Å². The monoisotopic (exact) mass is 720 g/mol. The molecule has 274 valence electrons. The third-order valence-corrected chi connectivity index (χ3v) is 8.42. The standard InChI is InChI=1S/C45H45N5O4/c1-44(2,3)32-14-26-40(49-42(51)47-36-18-22-38(53-7)23-19-36)30(28-32)12-16-34-10-9-11-35(46-34)17-13-31-29-33(45(4,5)6)15-27-41(31)50-43(52)48-37-20-24-39(54-8)25-21-37/h9-11,14-15,18-29H,1-8H3,(H2,47,49,51)(H2,48,50,52)/p+1. The minimum absolute atomic E-state index is 0.129. The molecule has 5 N–H and O–H groups in total. The quantitative estimate of drug-likeness (QED) is 0.131. The first-order valence-corrected chi connectivity index (χ1v) is 17.5. The smallest absolute Gasteiger partial charge is 0.323 e. The maximum Gasteiger partial charge on any atom is 0.323 e. The number of pyridine rings is 1. The average molecular weight is 721 g/mol. The number of H-pyrrole nitrogens is 1. The molecule has 54 heavy (non-hydrogen) atoms. The summed E-state index contributed by atoms with van der Waals surface area (Å²) in [4.78, 5) is 29.3. The van der Waals surface area contributed by atoms with Crippen molar-refractivity contribution < 1.29 is 24.0 Å². The van der Waals surface area contributed by atoms with Crippen molar-refractivity contribution in [2.45, 2.75) is 52.4 Å². The van der Waals surface area contributed by atoms with Gasteiger partial charge in [0.2, 0.25) is 0 Å². The molecular weight excluding hydrogens is 675 g/mol. The summed E-state index contributed by atoms with van der Waals surface area (Å²) in [6, 6.07) is 30.8. The van der Waals surface area contributed by atoms with Crippen LogP contribution in [0.2, 0.25) is 0 Å². The number of rotatable bonds is 6. The van der Waals surface area contributed by atoms with Crippen molar-refractivity contribution in [3.63, 3.8) is 0 Å². The molecular formula is C45H46N5O4+. The number of carbonyl (C=O) groups excluding carboxylic acids is 2. The summed E-state index contributed by atoms with van der Waals surface area (Å²) in [7, 11) is 3.19. The predicted molar refractivity (Wildman–Crippen MR) is 217 cm³/mol. The Balaban J connectivity index is 1.40. The van der Waals surface area contributed by atoms with Crippen LogP contribution in [-0.2, 0) is 10.8 Å². The van der Waals surface area contributed by atoms with Crippen molar-refractivity contribution in [2.24, 2.45) is 0 Å². The molecule has 0 aliphatic carbocycles. The van der Waals surface area contributed by atoms with E-state index in [0.717, 1.165) is 11.1 Å². The number of aromatic amines is 1. The lowest BCUT2D eigenvalue weighted by molar-refractivity contribution is -0.385. The number of urea groups is 2. The molecule has 9 heteroatoms. The van der Waals surface area contributed by atoms with Crippen LogP contribution in [0.1, 0.15) is 75.2 Å². The van der Waals surface area contributed by atoms with Crippen LogP contribution in [0.25, 0.3) is 0 Å². The van der Waals surface area contributed by atoms with Crippen LogP contribution in [0.4, 0.5) is 32.3 Å². The van der Waals surface area contributed by atoms with Crippen LogP contribution in [-0.4, -0.2) is 26.3 Å². The van der Waals surface area contributed by atoms with E-state index in [1.165, 1.54) is 0 Å². The third kappa shape index (κ3) is 10.7. The van der Waals surface area contributed by atoms with Gasteiger partial charge in [0.15, 0.2) is 0 Å². The molecule has 0 radical (unpaired) electrons. The number of benzene rings is 4. The van der Waals surface area contributed by atoms with Gasteiger partial charge in [-0.1, -0.05) is 65.5 Å². The Kier molecular flexibility index (Phi) is 11.9. The first-order chi connectivity index (χ1) is 25.7. The highest BCUT2D eigenvalue weighted by Crippen LogP contribution is 2.28. The molecule has 1 aromatic heterocycles. The maximum atomic E-state index is 13.0. The largest absolute Gasteiger partial charge is 0.497 e. The van der Waals surface area contributed by atoms with E-state index in [2.05, 4.69) is 91.5 Å². The van der Waals surface area contributed by atoms with Gasteiger partial charge in [0.1, 0.15) is 11.5 Å². The molecule has 0 atom stereocenters. The average Bonchev–Trinajstić information content (AvgIpc) is 3.14. The Hall–Kier alpha value is -6.71. The first kappa shape index (κ1) is 38.5. The second-order valence-electron chi connectivity index (χ2n) is 14.6. The molecule has 0 unspecified atom stereocenters. The van der Waals surface area contributed by atoms with E-state index >= 15 is 0 Å². The van der Waals surface area contributed by atoms with Crippen molar-refractivity contribution >= 4 is 34.8 Å². The summed E-state index contributed by atoms with van der Waals surface area (Å²) in [5.74, 6) is 14.4. The van der Waals surface area contributed by atoms with E-state index < -0.39 is 12.1 Å². The Bertz CT molecular complexity index is 2100. The molecule has 4 aromatic carbocycles. The highest BCUT2D eigenvalue weighted by Gasteiger charge is 2.18. The van der Waals surface area contributed by atoms with Crippen LogP contribution < -0.4 is 35.7 Å². The van der Waals surface area contributed by atoms with E-state index in [1.807, 2.05) is 54.6 Å². The van der Waals surface area contributed by atoms with Gasteiger partial charge < -0.3 is 30.7 Å². The molecule has 0 saturated carbocycles. The van der Waals surface area contributed by atoms with Gasteiger partial charge in [0, 0.05) is 46.5 Å². The van der Waals surface area contributed by atoms with Crippen LogP contribution in [0.5, 0.6) is 11.5 Å². The molecule has 4 amide bonds. The molecule has 0 bridgehead atoms. The fraction of sp³-hybridized carbons (Fsp3) is 0.222. The summed E-state index contributed by atoms with van der Waals surface area (Å²) in [5, 5.41) is 11.6. The second-order valence-corrected chi connectivity index (χ2v) is 14.6. The molecule has 0 aliphatic rings. The Morgan fingerprint density at radius 2 is 0.907 bits per heavy atom. The van der Waals surface area contributed by atoms with E-state index in [0.29, 0.717) is 56.8 Å². The minimum Gasteiger partial charge on any atom is -0.497 e. The van der Waals surface area contributed by atoms with Crippen LogP contribution in [0, 0.1) is 23.7 Å². The highest BCUT2D eigenvalue weighted by molar-refractivity contribution is 6.01. The Labute approximate surface area is 317 Å². The first-order valence-electron chi connectivity index (χ1n) is 17.5. The lowest BCUT2D eigenvalue weighted by Crippen LogP contribution is -2.20. The number of hydrogen-bond acceptors (Lipinski definition) is 4. The lowest BCUT2D eigenvalue weighted by Gasteiger charge is -2.20. The van der Waals surface area contributed by atoms with Crippen molar-refractivity contribution in [1.29, 1.82) is 0 Å². The highest BCUT2D eigenvalue weighted by atomic mass is 16.5. The van der Waals surface area contributed by atoms with Crippen molar-refractivity contribution in [2.75, 3.05) is 35.5 Å². The third-order valence-electron chi connectivity index (χ3n) is 8.42. The van der Waals surface area contributed by atoms with Gasteiger partial charge in [-0.05, 0) is 101 Å². The topological polar surface area (TPSA) is 115 Å². The Morgan fingerprint density at radius 3 is 1.26 bits per heavy atom. The van der Waals surface area contributed by atoms with Crippen molar-refractivity contribution in [3.05, 3.63) is 137 Å². The van der Waals surface area contributed by atoms with E-state index in [4.69, 9.17) is 9.47 Å². The number of carbonyl (C=O) groups is 2. The van der Waals surface area contributed by atoms with Gasteiger partial charge in [-0.15, -0.1) is 0 Å². The van der Waals surface area contributed by atoms with Crippen molar-refractivity contribution in [3.8, 4) is 35.2 Å². The molecule has 0 fully saturated rings. The van der Waals surface area contributed by atoms with Gasteiger partial charge in [-0.3, -0.25) is 0 Å². The zero-order valence-corrected chi connectivity index (χ0v) is 31.9. The number of hydrogen-bond donors (Lipinski definition) is 4. The molecule has 0 aliphatic heterocycles. The van der Waals surface area contributed by atoms with Gasteiger partial charge >= 0.3 is 12.1 Å². The zero-order chi connectivity index (χ0) is 38.9. The second kappa shape index (κ2) is 16.8. The molecule has 0 spiro atoms. The van der Waals surface area contributed by atoms with Gasteiger partial charge in [-0.2, -0.15) is 4.98 Å². The molecule has 5 rings (SSSR count). The predicted octanol–water partition coefficient (Wildman–Crippen LogP) is 9.20. The number of amides is 4. The number of anilines is 4. The molecule has 1 heterocycles. The lowest BCUT2D eigenvalue weighted by atomic mass is 9.86. The molecule has 9 nitrogen and oxygen atoms in total. The fourth-order valence-electron chi connectivity index (χ4n) is 5.25. The summed E-state index contributed by atoms with van der Waals surface area (Å²) < 4.78 is 10.4. The summed E-state index contributed by atoms with van der Waals surface area (Å²) in [6.07, 6.45) is 0. The van der Waals surface area contributed by atoms with Crippen LogP contribution in [0.3, 0.4) is 0 Å². The van der Waals surface area contributed by atoms with Gasteiger partial charge in [-0.25, -0.2) is 9.59 Å². The van der Waals surface area contributed by atoms with Crippen molar-refractivity contribution in [1.82, 2.24) is 0 Å². The maximum absolute atomic E-state index is 13.0. The minimum atomic E-state index is -0.391. The number of nitrogens with one attached hydrogen (secondary N) is 5. The fourth-order valence-corrected chi connectivity index (χ4v) is 5.25.